The van der Waals surface area contributed by atoms with Crippen molar-refractivity contribution in [3.63, 3.8) is 0 Å². The quantitative estimate of drug-likeness (QED) is 0.764. The first-order valence-electron chi connectivity index (χ1n) is 4.52. The van der Waals surface area contributed by atoms with Crippen molar-refractivity contribution in [3.05, 3.63) is 23.7 Å². The SMILES string of the molecule is Cc1ccc(C(=O)NC(C)(C)C(N)=S)o1. The second-order valence-corrected chi connectivity index (χ2v) is 4.29. The molecule has 0 atom stereocenters. The zero-order chi connectivity index (χ0) is 11.6. The lowest BCUT2D eigenvalue weighted by molar-refractivity contribution is 0.0902. The minimum atomic E-state index is -0.715. The highest BCUT2D eigenvalue weighted by Crippen LogP contribution is 2.09. The van der Waals surface area contributed by atoms with E-state index in [1.807, 2.05) is 0 Å². The summed E-state index contributed by atoms with van der Waals surface area (Å²) < 4.78 is 5.17. The lowest BCUT2D eigenvalue weighted by Crippen LogP contribution is -2.52. The summed E-state index contributed by atoms with van der Waals surface area (Å²) in [6, 6.07) is 3.34. The Morgan fingerprint density at radius 1 is 1.53 bits per heavy atom. The van der Waals surface area contributed by atoms with Crippen LogP contribution < -0.4 is 11.1 Å². The van der Waals surface area contributed by atoms with Gasteiger partial charge in [-0.05, 0) is 32.9 Å². The number of nitrogens with two attached hydrogens (primary N) is 1. The molecule has 0 spiro atoms. The van der Waals surface area contributed by atoms with Crippen molar-refractivity contribution in [1.82, 2.24) is 5.32 Å². The van der Waals surface area contributed by atoms with Gasteiger partial charge in [0.15, 0.2) is 5.76 Å². The Bertz CT molecular complexity index is 396. The van der Waals surface area contributed by atoms with Crippen molar-refractivity contribution in [2.75, 3.05) is 0 Å². The molecule has 0 fully saturated rings. The van der Waals surface area contributed by atoms with E-state index in [9.17, 15) is 4.79 Å². The van der Waals surface area contributed by atoms with Crippen molar-refractivity contribution in [2.24, 2.45) is 5.73 Å². The van der Waals surface area contributed by atoms with Crippen LogP contribution in [0.3, 0.4) is 0 Å². The molecule has 1 amide bonds. The fourth-order valence-corrected chi connectivity index (χ4v) is 1.01. The number of hydrogen-bond acceptors (Lipinski definition) is 3. The van der Waals surface area contributed by atoms with Gasteiger partial charge in [-0.3, -0.25) is 4.79 Å². The van der Waals surface area contributed by atoms with Gasteiger partial charge < -0.3 is 15.5 Å². The van der Waals surface area contributed by atoms with Crippen molar-refractivity contribution in [3.8, 4) is 0 Å². The molecule has 0 aliphatic heterocycles. The summed E-state index contributed by atoms with van der Waals surface area (Å²) >= 11 is 4.84. The van der Waals surface area contributed by atoms with Gasteiger partial charge in [-0.15, -0.1) is 0 Å². The number of hydrogen-bond donors (Lipinski definition) is 2. The monoisotopic (exact) mass is 226 g/mol. The summed E-state index contributed by atoms with van der Waals surface area (Å²) in [6.07, 6.45) is 0. The maximum Gasteiger partial charge on any atom is 0.287 e. The van der Waals surface area contributed by atoms with E-state index in [0.29, 0.717) is 5.76 Å². The zero-order valence-corrected chi connectivity index (χ0v) is 9.77. The number of carbonyl (C=O) groups excluding carboxylic acids is 1. The van der Waals surface area contributed by atoms with Gasteiger partial charge in [-0.1, -0.05) is 12.2 Å². The molecule has 0 aliphatic carbocycles. The van der Waals surface area contributed by atoms with Crippen molar-refractivity contribution in [2.45, 2.75) is 26.3 Å². The van der Waals surface area contributed by atoms with Crippen LogP contribution >= 0.6 is 12.2 Å². The maximum absolute atomic E-state index is 11.7. The molecule has 1 aromatic heterocycles. The molecular weight excluding hydrogens is 212 g/mol. The van der Waals surface area contributed by atoms with Crippen LogP contribution in [0.15, 0.2) is 16.5 Å². The minimum absolute atomic E-state index is 0.235. The molecule has 0 bridgehead atoms. The number of furan rings is 1. The summed E-state index contributed by atoms with van der Waals surface area (Å²) in [5.74, 6) is 0.631. The van der Waals surface area contributed by atoms with Gasteiger partial charge in [0.05, 0.1) is 10.5 Å². The fourth-order valence-electron chi connectivity index (χ4n) is 0.964. The molecule has 15 heavy (non-hydrogen) atoms. The lowest BCUT2D eigenvalue weighted by Gasteiger charge is -2.23. The van der Waals surface area contributed by atoms with Crippen molar-refractivity contribution in [1.29, 1.82) is 0 Å². The normalized spacial score (nSPS) is 11.1. The van der Waals surface area contributed by atoms with Crippen LogP contribution in [0.5, 0.6) is 0 Å². The van der Waals surface area contributed by atoms with Crippen LogP contribution in [0.25, 0.3) is 0 Å². The Balaban J connectivity index is 2.76. The Hall–Kier alpha value is -1.36. The zero-order valence-electron chi connectivity index (χ0n) is 8.96. The highest BCUT2D eigenvalue weighted by Gasteiger charge is 2.25. The predicted octanol–water partition coefficient (Wildman–Crippen LogP) is 1.38. The number of aryl methyl sites for hydroxylation is 1. The molecule has 0 aliphatic rings. The number of amides is 1. The van der Waals surface area contributed by atoms with E-state index < -0.39 is 5.54 Å². The first-order valence-corrected chi connectivity index (χ1v) is 4.92. The van der Waals surface area contributed by atoms with Crippen LogP contribution in [0.4, 0.5) is 0 Å². The minimum Gasteiger partial charge on any atom is -0.456 e. The second kappa shape index (κ2) is 4.02. The number of rotatable bonds is 3. The molecule has 1 heterocycles. The third-order valence-electron chi connectivity index (χ3n) is 2.01. The molecule has 5 heteroatoms. The van der Waals surface area contributed by atoms with E-state index in [1.54, 1.807) is 32.9 Å². The molecule has 0 aromatic carbocycles. The van der Waals surface area contributed by atoms with Crippen LogP contribution in [-0.2, 0) is 0 Å². The predicted molar refractivity (Wildman–Crippen MR) is 61.8 cm³/mol. The van der Waals surface area contributed by atoms with Gasteiger partial charge in [-0.2, -0.15) is 0 Å². The number of carbonyl (C=O) groups is 1. The van der Waals surface area contributed by atoms with E-state index in [1.165, 1.54) is 0 Å². The Kier molecular flexibility index (Phi) is 3.14. The first kappa shape index (κ1) is 11.7. The van der Waals surface area contributed by atoms with Gasteiger partial charge in [-0.25, -0.2) is 0 Å². The van der Waals surface area contributed by atoms with E-state index in [-0.39, 0.29) is 16.7 Å². The third kappa shape index (κ3) is 2.79. The van der Waals surface area contributed by atoms with Gasteiger partial charge in [0.2, 0.25) is 0 Å². The first-order chi connectivity index (χ1) is 6.83. The largest absolute Gasteiger partial charge is 0.456 e. The molecule has 3 N–H and O–H groups in total. The van der Waals surface area contributed by atoms with E-state index in [2.05, 4.69) is 5.32 Å². The van der Waals surface area contributed by atoms with Crippen LogP contribution in [0.1, 0.15) is 30.2 Å². The highest BCUT2D eigenvalue weighted by atomic mass is 32.1. The van der Waals surface area contributed by atoms with Crippen LogP contribution in [0, 0.1) is 6.92 Å². The molecular formula is C10H14N2O2S. The van der Waals surface area contributed by atoms with Gasteiger partial charge in [0, 0.05) is 0 Å². The summed E-state index contributed by atoms with van der Waals surface area (Å²) in [5.41, 5.74) is 4.77. The van der Waals surface area contributed by atoms with E-state index in [4.69, 9.17) is 22.4 Å². The summed E-state index contributed by atoms with van der Waals surface area (Å²) in [7, 11) is 0. The smallest absolute Gasteiger partial charge is 0.287 e. The molecule has 0 saturated heterocycles. The molecule has 4 nitrogen and oxygen atoms in total. The number of thiocarbonyl (C=S) groups is 1. The van der Waals surface area contributed by atoms with Crippen LogP contribution in [0.2, 0.25) is 0 Å². The molecule has 82 valence electrons. The highest BCUT2D eigenvalue weighted by molar-refractivity contribution is 7.80. The Labute approximate surface area is 93.8 Å². The molecule has 0 unspecified atom stereocenters. The summed E-state index contributed by atoms with van der Waals surface area (Å²) in [6.45, 7) is 5.25. The van der Waals surface area contributed by atoms with Gasteiger partial charge >= 0.3 is 0 Å². The number of nitrogens with one attached hydrogen (secondary N) is 1. The fraction of sp³-hybridized carbons (Fsp3) is 0.400. The second-order valence-electron chi connectivity index (χ2n) is 3.85. The molecule has 1 aromatic rings. The molecule has 0 saturated carbocycles. The maximum atomic E-state index is 11.7. The topological polar surface area (TPSA) is 68.3 Å². The third-order valence-corrected chi connectivity index (χ3v) is 2.52. The average molecular weight is 226 g/mol. The Morgan fingerprint density at radius 2 is 2.13 bits per heavy atom. The van der Waals surface area contributed by atoms with Crippen LogP contribution in [-0.4, -0.2) is 16.4 Å². The van der Waals surface area contributed by atoms with Crippen molar-refractivity contribution >= 4 is 23.1 Å². The Morgan fingerprint density at radius 3 is 2.53 bits per heavy atom. The van der Waals surface area contributed by atoms with Gasteiger partial charge in [0.1, 0.15) is 5.76 Å². The summed E-state index contributed by atoms with van der Waals surface area (Å²) in [5, 5.41) is 2.69. The standard InChI is InChI=1S/C10H14N2O2S/c1-6-4-5-7(14-6)8(13)12-10(2,3)9(11)15/h4-5H,1-3H3,(H2,11,15)(H,12,13). The summed E-state index contributed by atoms with van der Waals surface area (Å²) in [4.78, 5) is 11.9. The molecule has 0 radical (unpaired) electrons. The van der Waals surface area contributed by atoms with E-state index in [0.717, 1.165) is 0 Å². The van der Waals surface area contributed by atoms with E-state index >= 15 is 0 Å². The lowest BCUT2D eigenvalue weighted by atomic mass is 10.1. The van der Waals surface area contributed by atoms with Gasteiger partial charge in [0.25, 0.3) is 5.91 Å². The molecule has 1 rings (SSSR count). The van der Waals surface area contributed by atoms with Crippen molar-refractivity contribution < 1.29 is 9.21 Å². The average Bonchev–Trinajstić information content (AvgIpc) is 2.50.